The van der Waals surface area contributed by atoms with Gasteiger partial charge in [-0.3, -0.25) is 14.8 Å². The predicted molar refractivity (Wildman–Crippen MR) is 112 cm³/mol. The van der Waals surface area contributed by atoms with Gasteiger partial charge in [-0.05, 0) is 66.1 Å². The fraction of sp³-hybridized carbons (Fsp3) is 0.391. The van der Waals surface area contributed by atoms with E-state index in [0.29, 0.717) is 6.42 Å². The second kappa shape index (κ2) is 10.6. The Balaban J connectivity index is 0.000000207. The van der Waals surface area contributed by atoms with Crippen LogP contribution in [0.1, 0.15) is 48.6 Å². The van der Waals surface area contributed by atoms with Gasteiger partial charge in [0.25, 0.3) is 0 Å². The summed E-state index contributed by atoms with van der Waals surface area (Å²) in [4.78, 5) is 30.7. The quantitative estimate of drug-likeness (QED) is 0.757. The second-order valence-electron chi connectivity index (χ2n) is 6.92. The average molecular weight is 412 g/mol. The maximum atomic E-state index is 11.4. The maximum absolute atomic E-state index is 11.4. The van der Waals surface area contributed by atoms with Crippen LogP contribution in [0.3, 0.4) is 0 Å². The second-order valence-corrected chi connectivity index (χ2v) is 6.92. The van der Waals surface area contributed by atoms with Crippen molar-refractivity contribution in [1.29, 1.82) is 0 Å². The van der Waals surface area contributed by atoms with E-state index in [1.165, 1.54) is 19.8 Å². The van der Waals surface area contributed by atoms with E-state index < -0.39 is 12.0 Å². The lowest BCUT2D eigenvalue weighted by Crippen LogP contribution is -2.28. The molecule has 0 bridgehead atoms. The molecule has 0 radical (unpaired) electrons. The molecule has 0 aromatic carbocycles. The van der Waals surface area contributed by atoms with Crippen molar-refractivity contribution >= 4 is 18.0 Å². The van der Waals surface area contributed by atoms with Crippen molar-refractivity contribution < 1.29 is 24.2 Å². The Morgan fingerprint density at radius 1 is 1.00 bits per heavy atom. The molecule has 0 saturated heterocycles. The number of aromatic nitrogens is 2. The normalized spacial score (nSPS) is 18.8. The van der Waals surface area contributed by atoms with E-state index in [2.05, 4.69) is 19.4 Å². The smallest absolute Gasteiger partial charge is 0.333 e. The number of hydrogen-bond acceptors (Lipinski definition) is 7. The third kappa shape index (κ3) is 5.10. The van der Waals surface area contributed by atoms with Gasteiger partial charge in [0.05, 0.1) is 26.2 Å². The Bertz CT molecular complexity index is 925. The molecule has 2 heterocycles. The zero-order chi connectivity index (χ0) is 20.8. The van der Waals surface area contributed by atoms with Crippen molar-refractivity contribution in [2.75, 3.05) is 14.2 Å². The highest BCUT2D eigenvalue weighted by atomic mass is 16.5. The lowest BCUT2D eigenvalue weighted by atomic mass is 9.82. The molecule has 30 heavy (non-hydrogen) atoms. The summed E-state index contributed by atoms with van der Waals surface area (Å²) in [7, 11) is 2.75. The largest absolute Gasteiger partial charge is 0.469 e. The van der Waals surface area contributed by atoms with E-state index in [1.54, 1.807) is 24.7 Å². The Morgan fingerprint density at radius 3 is 2.40 bits per heavy atom. The Labute approximate surface area is 176 Å². The summed E-state index contributed by atoms with van der Waals surface area (Å²) >= 11 is 0. The summed E-state index contributed by atoms with van der Waals surface area (Å²) in [5, 5.41) is 9.99. The van der Waals surface area contributed by atoms with Gasteiger partial charge in [0.15, 0.2) is 0 Å². The standard InChI is InChI=1S/C11H13NO3.C11H11NO2.CH4/c1-15-11(14)9-3-2-7-6-12-5-4-8(7)10(9)13;1-14-11(13)9-2-3-10-7-12-5-4-8(10)6-9;/h4-6,9-10,13H,2-3H2,1H3;4-7H,2-3H2,1H3;1H4. The average Bonchev–Trinajstić information content (AvgIpc) is 2.78. The van der Waals surface area contributed by atoms with E-state index >= 15 is 0 Å². The molecule has 7 heteroatoms. The monoisotopic (exact) mass is 412 g/mol. The van der Waals surface area contributed by atoms with Gasteiger partial charge in [-0.1, -0.05) is 7.43 Å². The zero-order valence-corrected chi connectivity index (χ0v) is 16.5. The molecular weight excluding hydrogens is 384 g/mol. The third-order valence-corrected chi connectivity index (χ3v) is 5.25. The number of pyridine rings is 2. The van der Waals surface area contributed by atoms with Crippen LogP contribution in [0.5, 0.6) is 0 Å². The minimum atomic E-state index is -0.760. The highest BCUT2D eigenvalue weighted by molar-refractivity contribution is 5.94. The highest BCUT2D eigenvalue weighted by Gasteiger charge is 2.33. The molecule has 0 spiro atoms. The number of aryl methyl sites for hydroxylation is 2. The first-order valence-electron chi connectivity index (χ1n) is 9.45. The number of ether oxygens (including phenoxy) is 2. The lowest BCUT2D eigenvalue weighted by molar-refractivity contribution is -0.150. The van der Waals surface area contributed by atoms with Crippen molar-refractivity contribution in [3.63, 3.8) is 0 Å². The van der Waals surface area contributed by atoms with Crippen molar-refractivity contribution in [3.05, 3.63) is 64.7 Å². The number of esters is 2. The highest BCUT2D eigenvalue weighted by Crippen LogP contribution is 2.34. The minimum Gasteiger partial charge on any atom is -0.469 e. The number of nitrogens with zero attached hydrogens (tertiary/aromatic N) is 2. The van der Waals surface area contributed by atoms with Crippen molar-refractivity contribution in [2.24, 2.45) is 5.92 Å². The Morgan fingerprint density at radius 2 is 1.70 bits per heavy atom. The molecule has 4 rings (SSSR count). The molecule has 0 amide bonds. The van der Waals surface area contributed by atoms with Crippen LogP contribution in [0.2, 0.25) is 0 Å². The Kier molecular flexibility index (Phi) is 8.24. The van der Waals surface area contributed by atoms with Gasteiger partial charge in [-0.15, -0.1) is 0 Å². The van der Waals surface area contributed by atoms with Crippen LogP contribution in [-0.2, 0) is 31.9 Å². The van der Waals surface area contributed by atoms with Crippen molar-refractivity contribution in [3.8, 4) is 0 Å². The van der Waals surface area contributed by atoms with Gasteiger partial charge < -0.3 is 14.6 Å². The van der Waals surface area contributed by atoms with Crippen LogP contribution in [0.4, 0.5) is 0 Å². The molecule has 160 valence electrons. The molecule has 0 fully saturated rings. The number of carbonyl (C=O) groups excluding carboxylic acids is 2. The van der Waals surface area contributed by atoms with Gasteiger partial charge in [0, 0.05) is 30.4 Å². The van der Waals surface area contributed by atoms with Crippen LogP contribution in [-0.4, -0.2) is 41.2 Å². The molecule has 2 aromatic heterocycles. The summed E-state index contributed by atoms with van der Waals surface area (Å²) in [5.74, 6) is -1.01. The summed E-state index contributed by atoms with van der Waals surface area (Å²) in [6.07, 6.45) is 11.1. The predicted octanol–water partition coefficient (Wildman–Crippen LogP) is 3.07. The van der Waals surface area contributed by atoms with Crippen LogP contribution >= 0.6 is 0 Å². The molecular formula is C23H28N2O5. The van der Waals surface area contributed by atoms with Crippen LogP contribution in [0, 0.1) is 5.92 Å². The SMILES string of the molecule is C.COC(=O)C1=Cc2ccncc2CC1.COC(=O)C1CCc2cnccc2C1O. The van der Waals surface area contributed by atoms with Crippen molar-refractivity contribution in [1.82, 2.24) is 9.97 Å². The van der Waals surface area contributed by atoms with Crippen molar-refractivity contribution in [2.45, 2.75) is 39.2 Å². The Hall–Kier alpha value is -3.06. The summed E-state index contributed by atoms with van der Waals surface area (Å²) < 4.78 is 9.34. The number of hydrogen-bond donors (Lipinski definition) is 1. The van der Waals surface area contributed by atoms with Crippen LogP contribution in [0.15, 0.2) is 42.5 Å². The fourth-order valence-electron chi connectivity index (χ4n) is 3.63. The molecule has 1 N–H and O–H groups in total. The van der Waals surface area contributed by atoms with E-state index in [0.717, 1.165) is 41.5 Å². The molecule has 2 aliphatic carbocycles. The molecule has 0 saturated carbocycles. The number of aliphatic hydroxyl groups is 1. The third-order valence-electron chi connectivity index (χ3n) is 5.25. The number of rotatable bonds is 2. The first kappa shape index (κ1) is 23.2. The van der Waals surface area contributed by atoms with Gasteiger partial charge in [-0.2, -0.15) is 0 Å². The number of fused-ring (bicyclic) bond motifs is 2. The topological polar surface area (TPSA) is 98.6 Å². The van der Waals surface area contributed by atoms with Crippen LogP contribution in [0.25, 0.3) is 6.08 Å². The molecule has 2 atom stereocenters. The zero-order valence-electron chi connectivity index (χ0n) is 16.5. The van der Waals surface area contributed by atoms with Gasteiger partial charge in [-0.25, -0.2) is 4.79 Å². The summed E-state index contributed by atoms with van der Waals surface area (Å²) in [6, 6.07) is 3.67. The lowest BCUT2D eigenvalue weighted by Gasteiger charge is -2.27. The maximum Gasteiger partial charge on any atom is 0.333 e. The molecule has 2 aliphatic rings. The minimum absolute atomic E-state index is 0. The molecule has 0 aliphatic heterocycles. The van der Waals surface area contributed by atoms with Gasteiger partial charge in [0.1, 0.15) is 0 Å². The van der Waals surface area contributed by atoms with Gasteiger partial charge >= 0.3 is 11.9 Å². The van der Waals surface area contributed by atoms with E-state index in [1.807, 2.05) is 18.3 Å². The van der Waals surface area contributed by atoms with E-state index in [-0.39, 0.29) is 19.4 Å². The molecule has 2 aromatic rings. The first-order chi connectivity index (χ1) is 14.0. The number of carbonyl (C=O) groups is 2. The first-order valence-corrected chi connectivity index (χ1v) is 9.45. The molecule has 2 unspecified atom stereocenters. The fourth-order valence-corrected chi connectivity index (χ4v) is 3.63. The molecule has 7 nitrogen and oxygen atoms in total. The number of aliphatic hydroxyl groups excluding tert-OH is 1. The van der Waals surface area contributed by atoms with E-state index in [4.69, 9.17) is 0 Å². The van der Waals surface area contributed by atoms with Gasteiger partial charge in [0.2, 0.25) is 0 Å². The van der Waals surface area contributed by atoms with E-state index in [9.17, 15) is 14.7 Å². The van der Waals surface area contributed by atoms with Crippen LogP contribution < -0.4 is 0 Å². The summed E-state index contributed by atoms with van der Waals surface area (Å²) in [5.41, 5.74) is 4.83. The number of methoxy groups -OCH3 is 2. The summed E-state index contributed by atoms with van der Waals surface area (Å²) in [6.45, 7) is 0.